The van der Waals surface area contributed by atoms with Gasteiger partial charge in [-0.1, -0.05) is 0 Å². The van der Waals surface area contributed by atoms with Crippen molar-refractivity contribution in [3.63, 3.8) is 0 Å². The number of aromatic carboxylic acids is 1. The molecule has 2 aromatic carbocycles. The Morgan fingerprint density at radius 2 is 1.85 bits per heavy atom. The number of fused-ring (bicyclic) bond motifs is 1. The number of carboxylic acids is 1. The Bertz CT molecular complexity index is 1840. The third-order valence-electron chi connectivity index (χ3n) is 9.01. The molecule has 1 saturated carbocycles. The molecule has 15 heteroatoms. The number of ketones is 1. The summed E-state index contributed by atoms with van der Waals surface area (Å²) >= 11 is 0. The van der Waals surface area contributed by atoms with Gasteiger partial charge in [0.1, 0.15) is 41.4 Å². The van der Waals surface area contributed by atoms with Crippen LogP contribution in [0.25, 0.3) is 10.9 Å². The van der Waals surface area contributed by atoms with E-state index in [9.17, 15) is 29.4 Å². The van der Waals surface area contributed by atoms with Crippen molar-refractivity contribution in [2.75, 3.05) is 43.2 Å². The lowest BCUT2D eigenvalue weighted by atomic mass is 9.91. The number of rotatable bonds is 10. The highest BCUT2D eigenvalue weighted by Crippen LogP contribution is 2.44. The summed E-state index contributed by atoms with van der Waals surface area (Å²) in [6, 6.07) is 3.84. The molecule has 2 atom stereocenters. The number of pyridine rings is 1. The van der Waals surface area contributed by atoms with E-state index in [-0.39, 0.29) is 79.2 Å². The number of halogens is 2. The standard InChI is InChI=1S/C32H34F2N4O9/c1-16(39)25(35)24-14-38(31(43)47-24)18-5-6-23(21(33)11-18)46-15-32(44)7-9-36(10-8-32)27-22(34)12-19-26(29(27)45-2)37(17-3-4-17)13-20(28(19)40)30(41)42/h5-6,11-13,17,24-25,44H,3-4,7-10,14-15,35H2,1-2H3,(H,41,42)/t24-,25?/m0/s1. The molecule has 0 bridgehead atoms. The summed E-state index contributed by atoms with van der Waals surface area (Å²) in [5, 5.41) is 20.7. The van der Waals surface area contributed by atoms with Gasteiger partial charge in [0.2, 0.25) is 5.43 Å². The van der Waals surface area contributed by atoms with Gasteiger partial charge >= 0.3 is 12.1 Å². The van der Waals surface area contributed by atoms with Crippen LogP contribution in [0.1, 0.15) is 49.0 Å². The van der Waals surface area contributed by atoms with Crippen molar-refractivity contribution in [2.24, 2.45) is 5.73 Å². The van der Waals surface area contributed by atoms with Gasteiger partial charge in [0.15, 0.2) is 23.1 Å². The van der Waals surface area contributed by atoms with Crippen molar-refractivity contribution >= 4 is 40.1 Å². The second-order valence-electron chi connectivity index (χ2n) is 12.2. The number of methoxy groups -OCH3 is 1. The second kappa shape index (κ2) is 12.1. The fourth-order valence-corrected chi connectivity index (χ4v) is 6.15. The van der Waals surface area contributed by atoms with Gasteiger partial charge in [-0.2, -0.15) is 0 Å². The highest BCUT2D eigenvalue weighted by atomic mass is 19.1. The fraction of sp³-hybridized carbons (Fsp3) is 0.438. The molecule has 1 aromatic heterocycles. The van der Waals surface area contributed by atoms with Crippen molar-refractivity contribution < 1.29 is 47.6 Å². The van der Waals surface area contributed by atoms with Gasteiger partial charge in [-0.25, -0.2) is 18.4 Å². The zero-order valence-corrected chi connectivity index (χ0v) is 25.7. The first-order valence-electron chi connectivity index (χ1n) is 15.1. The van der Waals surface area contributed by atoms with Gasteiger partial charge in [0.05, 0.1) is 30.2 Å². The number of carbonyl (C=O) groups is 3. The second-order valence-corrected chi connectivity index (χ2v) is 12.2. The van der Waals surface area contributed by atoms with Gasteiger partial charge in [-0.3, -0.25) is 14.5 Å². The number of carboxylic acid groups (broad SMARTS) is 1. The monoisotopic (exact) mass is 656 g/mol. The number of nitrogens with two attached hydrogens (primary N) is 1. The Morgan fingerprint density at radius 1 is 1.15 bits per heavy atom. The number of carbonyl (C=O) groups excluding carboxylic acids is 2. The summed E-state index contributed by atoms with van der Waals surface area (Å²) in [6.45, 7) is 1.33. The zero-order valence-electron chi connectivity index (χ0n) is 25.7. The average Bonchev–Trinajstić information content (AvgIpc) is 3.81. The number of benzene rings is 2. The lowest BCUT2D eigenvalue weighted by Gasteiger charge is -2.39. The fourth-order valence-electron chi connectivity index (χ4n) is 6.15. The molecule has 13 nitrogen and oxygen atoms in total. The summed E-state index contributed by atoms with van der Waals surface area (Å²) in [5.41, 5.74) is 3.74. The van der Waals surface area contributed by atoms with Crippen molar-refractivity contribution in [3.05, 3.63) is 57.9 Å². The average molecular weight is 657 g/mol. The quantitative estimate of drug-likeness (QED) is 0.293. The molecule has 3 aliphatic rings. The molecule has 250 valence electrons. The van der Waals surface area contributed by atoms with Gasteiger partial charge in [0.25, 0.3) is 0 Å². The van der Waals surface area contributed by atoms with Crippen molar-refractivity contribution in [3.8, 4) is 11.5 Å². The van der Waals surface area contributed by atoms with E-state index < -0.39 is 52.4 Å². The maximum atomic E-state index is 15.7. The van der Waals surface area contributed by atoms with Crippen LogP contribution in [-0.4, -0.2) is 83.7 Å². The maximum Gasteiger partial charge on any atom is 0.414 e. The van der Waals surface area contributed by atoms with Crippen LogP contribution in [0, 0.1) is 11.6 Å². The summed E-state index contributed by atoms with van der Waals surface area (Å²) in [5.74, 6) is -3.36. The Morgan fingerprint density at radius 3 is 2.45 bits per heavy atom. The molecule has 3 heterocycles. The summed E-state index contributed by atoms with van der Waals surface area (Å²) < 4.78 is 48.9. The number of piperidine rings is 1. The Hall–Kier alpha value is -4.76. The van der Waals surface area contributed by atoms with Gasteiger partial charge in [-0.05, 0) is 50.8 Å². The third-order valence-corrected chi connectivity index (χ3v) is 9.01. The minimum atomic E-state index is -1.40. The molecule has 1 aliphatic carbocycles. The molecule has 1 unspecified atom stereocenters. The number of ether oxygens (including phenoxy) is 3. The van der Waals surface area contributed by atoms with E-state index in [4.69, 9.17) is 19.9 Å². The number of aliphatic hydroxyl groups is 1. The number of cyclic esters (lactones) is 1. The highest BCUT2D eigenvalue weighted by molar-refractivity contribution is 5.97. The number of amides is 1. The Balaban J connectivity index is 1.16. The van der Waals surface area contributed by atoms with E-state index >= 15 is 8.78 Å². The number of aromatic nitrogens is 1. The topological polar surface area (TPSA) is 174 Å². The number of nitrogens with zero attached hydrogens (tertiary/aromatic N) is 3. The molecule has 47 heavy (non-hydrogen) atoms. The van der Waals surface area contributed by atoms with Crippen LogP contribution < -0.4 is 30.4 Å². The number of hydrogen-bond donors (Lipinski definition) is 3. The molecule has 1 amide bonds. The largest absolute Gasteiger partial charge is 0.492 e. The van der Waals surface area contributed by atoms with E-state index in [0.29, 0.717) is 5.52 Å². The van der Waals surface area contributed by atoms with Crippen LogP contribution in [0.3, 0.4) is 0 Å². The van der Waals surface area contributed by atoms with Crippen LogP contribution in [0.2, 0.25) is 0 Å². The first kappa shape index (κ1) is 32.2. The van der Waals surface area contributed by atoms with Crippen LogP contribution in [0.5, 0.6) is 11.5 Å². The van der Waals surface area contributed by atoms with Gasteiger partial charge < -0.3 is 39.6 Å². The Labute approximate surface area is 267 Å². The lowest BCUT2D eigenvalue weighted by molar-refractivity contribution is -0.120. The summed E-state index contributed by atoms with van der Waals surface area (Å²) in [4.78, 5) is 51.5. The predicted octanol–water partition coefficient (Wildman–Crippen LogP) is 2.97. The first-order chi connectivity index (χ1) is 22.3. The first-order valence-corrected chi connectivity index (χ1v) is 15.1. The molecule has 6 rings (SSSR count). The lowest BCUT2D eigenvalue weighted by Crippen LogP contribution is -2.48. The molecule has 2 aliphatic heterocycles. The normalized spacial score (nSPS) is 19.9. The number of Topliss-reactive ketones (excluding diaryl/α,β-unsaturated/α-hetero) is 1. The minimum Gasteiger partial charge on any atom is -0.492 e. The highest BCUT2D eigenvalue weighted by Gasteiger charge is 2.39. The minimum absolute atomic E-state index is 0.0277. The maximum absolute atomic E-state index is 15.7. The van der Waals surface area contributed by atoms with Crippen LogP contribution in [-0.2, 0) is 9.53 Å². The van der Waals surface area contributed by atoms with Crippen molar-refractivity contribution in [1.29, 1.82) is 0 Å². The predicted molar refractivity (Wildman–Crippen MR) is 165 cm³/mol. The molecular weight excluding hydrogens is 622 g/mol. The molecule has 4 N–H and O–H groups in total. The molecule has 0 radical (unpaired) electrons. The molecule has 3 fully saturated rings. The SMILES string of the molecule is COc1c(N2CCC(O)(COc3ccc(N4C[C@@H](C(N)C(C)=O)OC4=O)cc3F)CC2)c(F)cc2c(=O)c(C(=O)O)cn(C3CC3)c12. The van der Waals surface area contributed by atoms with E-state index in [1.165, 1.54) is 37.3 Å². The summed E-state index contributed by atoms with van der Waals surface area (Å²) in [7, 11) is 1.35. The smallest absolute Gasteiger partial charge is 0.414 e. The van der Waals surface area contributed by atoms with E-state index in [1.54, 1.807) is 9.47 Å². The van der Waals surface area contributed by atoms with E-state index in [0.717, 1.165) is 25.0 Å². The van der Waals surface area contributed by atoms with Gasteiger partial charge in [0, 0.05) is 31.4 Å². The van der Waals surface area contributed by atoms with Crippen LogP contribution in [0.4, 0.5) is 25.0 Å². The van der Waals surface area contributed by atoms with Crippen LogP contribution in [0.15, 0.2) is 35.3 Å². The van der Waals surface area contributed by atoms with E-state index in [1.807, 2.05) is 0 Å². The Kier molecular flexibility index (Phi) is 8.30. The molecule has 0 spiro atoms. The zero-order chi connectivity index (χ0) is 33.8. The molecular formula is C32H34F2N4O9. The van der Waals surface area contributed by atoms with Crippen molar-refractivity contribution in [1.82, 2.24) is 4.57 Å². The summed E-state index contributed by atoms with van der Waals surface area (Å²) in [6.07, 6.45) is 1.44. The number of hydrogen-bond acceptors (Lipinski definition) is 10. The number of anilines is 2. The van der Waals surface area contributed by atoms with Gasteiger partial charge in [-0.15, -0.1) is 0 Å². The third kappa shape index (κ3) is 5.96. The van der Waals surface area contributed by atoms with Crippen molar-refractivity contribution in [2.45, 2.75) is 56.4 Å². The van der Waals surface area contributed by atoms with Crippen LogP contribution >= 0.6 is 0 Å². The van der Waals surface area contributed by atoms with E-state index in [2.05, 4.69) is 0 Å². The molecule has 3 aromatic rings. The molecule has 2 saturated heterocycles.